The number of hydroxylamine groups is 2. The van der Waals surface area contributed by atoms with E-state index in [0.29, 0.717) is 6.21 Å². The van der Waals surface area contributed by atoms with Crippen LogP contribution in [-0.4, -0.2) is 37.4 Å². The third-order valence-corrected chi connectivity index (χ3v) is 0.884. The normalized spacial score (nSPS) is 9.00. The van der Waals surface area contributed by atoms with Crippen LogP contribution < -0.4 is 0 Å². The average molecular weight is 145 g/mol. The summed E-state index contributed by atoms with van der Waals surface area (Å²) in [5, 5.41) is 17.3. The Morgan fingerprint density at radius 3 is 2.70 bits per heavy atom. The Hall–Kier alpha value is -0.940. The highest BCUT2D eigenvalue weighted by Crippen LogP contribution is 1.85. The summed E-state index contributed by atoms with van der Waals surface area (Å²) in [6.45, 7) is -0.446. The van der Waals surface area contributed by atoms with Gasteiger partial charge >= 0.3 is 0 Å². The van der Waals surface area contributed by atoms with Crippen LogP contribution in [0.1, 0.15) is 0 Å². The van der Waals surface area contributed by atoms with Crippen molar-refractivity contribution >= 4 is 12.1 Å². The predicted molar refractivity (Wildman–Crippen MR) is 33.1 cm³/mol. The second-order valence-corrected chi connectivity index (χ2v) is 1.47. The number of amides is 1. The van der Waals surface area contributed by atoms with E-state index >= 15 is 0 Å². The van der Waals surface area contributed by atoms with Crippen LogP contribution in [0.2, 0.25) is 0 Å². The van der Waals surface area contributed by atoms with Gasteiger partial charge in [-0.3, -0.25) is 9.63 Å². The van der Waals surface area contributed by atoms with E-state index in [1.807, 2.05) is 0 Å². The highest BCUT2D eigenvalue weighted by atomic mass is 16.7. The maximum absolute atomic E-state index is 10.6. The topological polar surface area (TPSA) is 73.3 Å². The molecule has 1 radical (unpaired) electrons. The first kappa shape index (κ1) is 9.06. The smallest absolute Gasteiger partial charge is 0.287 e. The van der Waals surface area contributed by atoms with Crippen molar-refractivity contribution in [3.63, 3.8) is 0 Å². The molecule has 0 bridgehead atoms. The molecule has 0 aromatic rings. The summed E-state index contributed by atoms with van der Waals surface area (Å²) in [6.07, 6.45) is 0.596. The lowest BCUT2D eigenvalue weighted by Gasteiger charge is -2.14. The van der Waals surface area contributed by atoms with Crippen molar-refractivity contribution in [1.29, 1.82) is 5.41 Å². The summed E-state index contributed by atoms with van der Waals surface area (Å²) >= 11 is 0. The van der Waals surface area contributed by atoms with E-state index in [0.717, 1.165) is 5.06 Å². The molecule has 0 atom stereocenters. The Kier molecular flexibility index (Phi) is 4.43. The minimum absolute atomic E-state index is 0.0231. The zero-order valence-corrected chi connectivity index (χ0v) is 5.66. The van der Waals surface area contributed by atoms with Crippen LogP contribution in [0.15, 0.2) is 0 Å². The Bertz CT molecular complexity index is 126. The van der Waals surface area contributed by atoms with E-state index in [2.05, 4.69) is 4.84 Å². The molecule has 0 aromatic carbocycles. The quantitative estimate of drug-likeness (QED) is 0.426. The van der Waals surface area contributed by atoms with E-state index in [4.69, 9.17) is 5.41 Å². The van der Waals surface area contributed by atoms with Crippen LogP contribution in [0.4, 0.5) is 0 Å². The second kappa shape index (κ2) is 4.89. The van der Waals surface area contributed by atoms with Crippen molar-refractivity contribution in [1.82, 2.24) is 5.06 Å². The van der Waals surface area contributed by atoms with Crippen molar-refractivity contribution in [3.05, 3.63) is 0 Å². The molecule has 0 saturated heterocycles. The van der Waals surface area contributed by atoms with Crippen LogP contribution >= 0.6 is 0 Å². The van der Waals surface area contributed by atoms with E-state index < -0.39 is 12.5 Å². The van der Waals surface area contributed by atoms with Crippen LogP contribution in [0.3, 0.4) is 0 Å². The molecule has 0 unspecified atom stereocenters. The molecule has 5 nitrogen and oxygen atoms in total. The Labute approximate surface area is 58.7 Å². The molecule has 0 spiro atoms. The fourth-order valence-electron chi connectivity index (χ4n) is 0.446. The first-order valence-electron chi connectivity index (χ1n) is 2.70. The van der Waals surface area contributed by atoms with Gasteiger partial charge in [0.05, 0.1) is 19.9 Å². The standard InChI is InChI=1S/C5H9N2O3/c1-10-7(2-3-8)5(9)4-6/h4,6H,2-3H2,1H3. The lowest BCUT2D eigenvalue weighted by atomic mass is 10.6. The van der Waals surface area contributed by atoms with Gasteiger partial charge in [0, 0.05) is 0 Å². The average Bonchev–Trinajstić information content (AvgIpc) is 1.99. The molecule has 0 aliphatic carbocycles. The molecular weight excluding hydrogens is 136 g/mol. The van der Waals surface area contributed by atoms with Gasteiger partial charge in [-0.2, -0.15) is 0 Å². The number of hydrogen-bond donors (Lipinski definition) is 1. The van der Waals surface area contributed by atoms with Gasteiger partial charge in [-0.15, -0.1) is 0 Å². The monoisotopic (exact) mass is 145 g/mol. The first-order valence-corrected chi connectivity index (χ1v) is 2.70. The van der Waals surface area contributed by atoms with Gasteiger partial charge in [0.25, 0.3) is 5.91 Å². The number of nitrogens with zero attached hydrogens (tertiary/aromatic N) is 1. The van der Waals surface area contributed by atoms with Crippen molar-refractivity contribution < 1.29 is 14.7 Å². The number of hydrogen-bond acceptors (Lipinski definition) is 3. The Morgan fingerprint density at radius 2 is 2.40 bits per heavy atom. The summed E-state index contributed by atoms with van der Waals surface area (Å²) < 4.78 is 0. The zero-order chi connectivity index (χ0) is 7.98. The number of rotatable bonds is 4. The molecule has 0 aliphatic heterocycles. The largest absolute Gasteiger partial charge is 0.303 e. The molecule has 5 heteroatoms. The van der Waals surface area contributed by atoms with Gasteiger partial charge in [0.15, 0.2) is 0 Å². The molecule has 0 rings (SSSR count). The fraction of sp³-hybridized carbons (Fsp3) is 0.600. The zero-order valence-electron chi connectivity index (χ0n) is 5.66. The van der Waals surface area contributed by atoms with E-state index in [-0.39, 0.29) is 6.54 Å². The first-order chi connectivity index (χ1) is 4.76. The fourth-order valence-corrected chi connectivity index (χ4v) is 0.446. The lowest BCUT2D eigenvalue weighted by molar-refractivity contribution is -0.170. The minimum Gasteiger partial charge on any atom is -0.303 e. The van der Waals surface area contributed by atoms with Crippen molar-refractivity contribution in [2.75, 3.05) is 20.3 Å². The molecule has 0 aliphatic rings. The highest BCUT2D eigenvalue weighted by Gasteiger charge is 2.07. The Balaban J connectivity index is 3.79. The molecule has 1 N–H and O–H groups in total. The molecule has 0 heterocycles. The second-order valence-electron chi connectivity index (χ2n) is 1.47. The summed E-state index contributed by atoms with van der Waals surface area (Å²) in [4.78, 5) is 15.0. The third kappa shape index (κ3) is 2.56. The number of nitrogens with one attached hydrogen (secondary N) is 1. The van der Waals surface area contributed by atoms with E-state index in [1.54, 1.807) is 0 Å². The van der Waals surface area contributed by atoms with Gasteiger partial charge in [-0.05, 0) is 0 Å². The third-order valence-electron chi connectivity index (χ3n) is 0.884. The van der Waals surface area contributed by atoms with Crippen LogP contribution in [0, 0.1) is 5.41 Å². The van der Waals surface area contributed by atoms with Crippen molar-refractivity contribution in [2.45, 2.75) is 0 Å². The SMILES string of the molecule is CON(CC[O])C(=O)C=N. The summed E-state index contributed by atoms with van der Waals surface area (Å²) in [5.74, 6) is -0.613. The van der Waals surface area contributed by atoms with Crippen LogP contribution in [-0.2, 0) is 14.7 Å². The van der Waals surface area contributed by atoms with Crippen molar-refractivity contribution in [3.8, 4) is 0 Å². The van der Waals surface area contributed by atoms with E-state index in [1.165, 1.54) is 7.11 Å². The summed E-state index contributed by atoms with van der Waals surface area (Å²) in [5.41, 5.74) is 0. The van der Waals surface area contributed by atoms with Gasteiger partial charge in [0.1, 0.15) is 6.61 Å². The molecule has 1 amide bonds. The molecule has 10 heavy (non-hydrogen) atoms. The molecular formula is C5H9N2O3. The molecule has 57 valence electrons. The lowest BCUT2D eigenvalue weighted by Crippen LogP contribution is -2.32. The Morgan fingerprint density at radius 1 is 1.80 bits per heavy atom. The molecule has 0 saturated carbocycles. The van der Waals surface area contributed by atoms with Gasteiger partial charge in [-0.1, -0.05) is 0 Å². The summed E-state index contributed by atoms with van der Waals surface area (Å²) in [6, 6.07) is 0. The van der Waals surface area contributed by atoms with Gasteiger partial charge in [0.2, 0.25) is 0 Å². The van der Waals surface area contributed by atoms with E-state index in [9.17, 15) is 9.90 Å². The molecule has 0 aromatic heterocycles. The number of carbonyl (C=O) groups excluding carboxylic acids is 1. The minimum atomic E-state index is -0.613. The highest BCUT2D eigenvalue weighted by molar-refractivity contribution is 6.24. The van der Waals surface area contributed by atoms with Crippen LogP contribution in [0.25, 0.3) is 0 Å². The maximum atomic E-state index is 10.6. The molecule has 0 fully saturated rings. The van der Waals surface area contributed by atoms with Gasteiger partial charge in [-0.25, -0.2) is 10.2 Å². The maximum Gasteiger partial charge on any atom is 0.287 e. The number of carbonyl (C=O) groups is 1. The summed E-state index contributed by atoms with van der Waals surface area (Å²) in [7, 11) is 1.27. The van der Waals surface area contributed by atoms with Crippen LogP contribution in [0.5, 0.6) is 0 Å². The predicted octanol–water partition coefficient (Wildman–Crippen LogP) is -0.544. The van der Waals surface area contributed by atoms with Gasteiger partial charge < -0.3 is 5.41 Å². The van der Waals surface area contributed by atoms with Crippen molar-refractivity contribution in [2.24, 2.45) is 0 Å².